The molecule has 1 aromatic carbocycles. The first-order chi connectivity index (χ1) is 7.54. The number of carboxylic acids is 1. The monoisotopic (exact) mass is 242 g/mol. The molecular weight excluding hydrogens is 232 g/mol. The van der Waals surface area contributed by atoms with E-state index in [0.717, 1.165) is 0 Å². The Balaban J connectivity index is 2.68. The third-order valence-corrected chi connectivity index (χ3v) is 2.30. The van der Waals surface area contributed by atoms with Crippen molar-refractivity contribution in [3.63, 3.8) is 0 Å². The Morgan fingerprint density at radius 1 is 1.62 bits per heavy atom. The van der Waals surface area contributed by atoms with Crippen LogP contribution in [0.3, 0.4) is 0 Å². The molecule has 0 aliphatic rings. The number of halogens is 1. The molecule has 0 radical (unpaired) electrons. The van der Waals surface area contributed by atoms with Gasteiger partial charge in [-0.2, -0.15) is 0 Å². The van der Waals surface area contributed by atoms with Gasteiger partial charge in [0.15, 0.2) is 0 Å². The molecule has 0 aliphatic heterocycles. The summed E-state index contributed by atoms with van der Waals surface area (Å²) < 4.78 is 5.23. The first-order valence-electron chi connectivity index (χ1n) is 4.65. The standard InChI is InChI=1S/C11H11ClO4/c1-7(11(14)15)6-16-10-3-2-8(5-13)4-9(10)12/h2-5,7H,6H2,1H3,(H,14,15). The van der Waals surface area contributed by atoms with E-state index in [9.17, 15) is 9.59 Å². The lowest BCUT2D eigenvalue weighted by molar-refractivity contribution is -0.142. The van der Waals surface area contributed by atoms with Gasteiger partial charge in [-0.25, -0.2) is 0 Å². The van der Waals surface area contributed by atoms with Crippen LogP contribution in [0.2, 0.25) is 5.02 Å². The van der Waals surface area contributed by atoms with Crippen LogP contribution in [-0.4, -0.2) is 24.0 Å². The number of rotatable bonds is 5. The van der Waals surface area contributed by atoms with Crippen molar-refractivity contribution in [2.45, 2.75) is 6.92 Å². The van der Waals surface area contributed by atoms with Crippen LogP contribution in [-0.2, 0) is 4.79 Å². The minimum Gasteiger partial charge on any atom is -0.491 e. The molecule has 0 bridgehead atoms. The first kappa shape index (κ1) is 12.5. The molecule has 0 amide bonds. The normalized spacial score (nSPS) is 11.9. The zero-order valence-electron chi connectivity index (χ0n) is 8.64. The first-order valence-corrected chi connectivity index (χ1v) is 5.02. The van der Waals surface area contributed by atoms with E-state index in [1.807, 2.05) is 0 Å². The summed E-state index contributed by atoms with van der Waals surface area (Å²) in [6.07, 6.45) is 0.676. The number of aldehydes is 1. The smallest absolute Gasteiger partial charge is 0.309 e. The third-order valence-electron chi connectivity index (χ3n) is 2.00. The van der Waals surface area contributed by atoms with Crippen LogP contribution in [0, 0.1) is 5.92 Å². The predicted molar refractivity (Wildman–Crippen MR) is 59.1 cm³/mol. The maximum Gasteiger partial charge on any atom is 0.309 e. The van der Waals surface area contributed by atoms with Crippen molar-refractivity contribution in [1.29, 1.82) is 0 Å². The van der Waals surface area contributed by atoms with Crippen molar-refractivity contribution in [3.05, 3.63) is 28.8 Å². The van der Waals surface area contributed by atoms with E-state index in [4.69, 9.17) is 21.4 Å². The Kier molecular flexibility index (Phi) is 4.31. The summed E-state index contributed by atoms with van der Waals surface area (Å²) in [6.45, 7) is 1.57. The number of hydrogen-bond donors (Lipinski definition) is 1. The molecule has 1 aromatic rings. The summed E-state index contributed by atoms with van der Waals surface area (Å²) in [5.74, 6) is -1.16. The van der Waals surface area contributed by atoms with Crippen molar-refractivity contribution in [3.8, 4) is 5.75 Å². The third kappa shape index (κ3) is 3.24. The molecule has 4 nitrogen and oxygen atoms in total. The molecule has 16 heavy (non-hydrogen) atoms. The van der Waals surface area contributed by atoms with Gasteiger partial charge in [0.25, 0.3) is 0 Å². The van der Waals surface area contributed by atoms with Crippen LogP contribution in [0.25, 0.3) is 0 Å². The Bertz CT molecular complexity index is 403. The largest absolute Gasteiger partial charge is 0.491 e. The second kappa shape index (κ2) is 5.51. The summed E-state index contributed by atoms with van der Waals surface area (Å²) in [5, 5.41) is 8.95. The highest BCUT2D eigenvalue weighted by Gasteiger charge is 2.12. The van der Waals surface area contributed by atoms with Gasteiger partial charge in [-0.3, -0.25) is 9.59 Å². The number of hydrogen-bond acceptors (Lipinski definition) is 3. The van der Waals surface area contributed by atoms with Crippen molar-refractivity contribution >= 4 is 23.9 Å². The molecule has 1 atom stereocenters. The van der Waals surface area contributed by atoms with Crippen molar-refractivity contribution < 1.29 is 19.4 Å². The number of benzene rings is 1. The SMILES string of the molecule is CC(COc1ccc(C=O)cc1Cl)C(=O)O. The molecule has 0 saturated heterocycles. The predicted octanol–water partition coefficient (Wildman–Crippen LogP) is 2.25. The number of carbonyl (C=O) groups is 2. The fourth-order valence-electron chi connectivity index (χ4n) is 0.994. The van der Waals surface area contributed by atoms with Crippen LogP contribution in [0.1, 0.15) is 17.3 Å². The number of carbonyl (C=O) groups excluding carboxylic acids is 1. The van der Waals surface area contributed by atoms with Crippen LogP contribution in [0.4, 0.5) is 0 Å². The van der Waals surface area contributed by atoms with Gasteiger partial charge in [-0.15, -0.1) is 0 Å². The average molecular weight is 243 g/mol. The molecule has 1 rings (SSSR count). The molecule has 0 aliphatic carbocycles. The molecule has 0 saturated carbocycles. The second-order valence-electron chi connectivity index (χ2n) is 3.36. The Labute approximate surface area is 97.8 Å². The van der Waals surface area contributed by atoms with E-state index in [2.05, 4.69) is 0 Å². The molecule has 1 unspecified atom stereocenters. The lowest BCUT2D eigenvalue weighted by atomic mass is 10.2. The molecule has 0 fully saturated rings. The summed E-state index contributed by atoms with van der Waals surface area (Å²) >= 11 is 5.84. The van der Waals surface area contributed by atoms with Gasteiger partial charge in [0, 0.05) is 5.56 Å². The Morgan fingerprint density at radius 3 is 2.81 bits per heavy atom. The van der Waals surface area contributed by atoms with E-state index in [-0.39, 0.29) is 6.61 Å². The minimum absolute atomic E-state index is 0.0372. The van der Waals surface area contributed by atoms with Crippen molar-refractivity contribution in [2.24, 2.45) is 5.92 Å². The lowest BCUT2D eigenvalue weighted by Gasteiger charge is -2.10. The Morgan fingerprint density at radius 2 is 2.31 bits per heavy atom. The molecule has 0 heterocycles. The van der Waals surface area contributed by atoms with Gasteiger partial charge >= 0.3 is 5.97 Å². The van der Waals surface area contributed by atoms with Gasteiger partial charge in [0.05, 0.1) is 10.9 Å². The number of aliphatic carboxylic acids is 1. The topological polar surface area (TPSA) is 63.6 Å². The van der Waals surface area contributed by atoms with Gasteiger partial charge in [0.2, 0.25) is 0 Å². The van der Waals surface area contributed by atoms with E-state index < -0.39 is 11.9 Å². The molecule has 0 spiro atoms. The zero-order chi connectivity index (χ0) is 12.1. The van der Waals surface area contributed by atoms with E-state index in [0.29, 0.717) is 22.6 Å². The zero-order valence-corrected chi connectivity index (χ0v) is 9.40. The summed E-state index contributed by atoms with van der Waals surface area (Å²) in [6, 6.07) is 4.57. The van der Waals surface area contributed by atoms with Crippen LogP contribution >= 0.6 is 11.6 Å². The minimum atomic E-state index is -0.930. The highest BCUT2D eigenvalue weighted by atomic mass is 35.5. The van der Waals surface area contributed by atoms with Crippen LogP contribution in [0.5, 0.6) is 5.75 Å². The molecule has 5 heteroatoms. The fraction of sp³-hybridized carbons (Fsp3) is 0.273. The second-order valence-corrected chi connectivity index (χ2v) is 3.77. The average Bonchev–Trinajstić information content (AvgIpc) is 2.26. The molecule has 1 N–H and O–H groups in total. The van der Waals surface area contributed by atoms with Gasteiger partial charge < -0.3 is 9.84 Å². The van der Waals surface area contributed by atoms with Crippen molar-refractivity contribution in [1.82, 2.24) is 0 Å². The summed E-state index contributed by atoms with van der Waals surface area (Å²) in [5.41, 5.74) is 0.448. The summed E-state index contributed by atoms with van der Waals surface area (Å²) in [4.78, 5) is 21.0. The van der Waals surface area contributed by atoms with Crippen molar-refractivity contribution in [2.75, 3.05) is 6.61 Å². The highest BCUT2D eigenvalue weighted by molar-refractivity contribution is 6.32. The summed E-state index contributed by atoms with van der Waals surface area (Å²) in [7, 11) is 0. The van der Waals surface area contributed by atoms with Gasteiger partial charge in [-0.05, 0) is 25.1 Å². The van der Waals surface area contributed by atoms with Crippen LogP contribution in [0.15, 0.2) is 18.2 Å². The van der Waals surface area contributed by atoms with Gasteiger partial charge in [0.1, 0.15) is 18.6 Å². The Hall–Kier alpha value is -1.55. The fourth-order valence-corrected chi connectivity index (χ4v) is 1.24. The van der Waals surface area contributed by atoms with E-state index in [1.54, 1.807) is 12.1 Å². The van der Waals surface area contributed by atoms with E-state index in [1.165, 1.54) is 13.0 Å². The highest BCUT2D eigenvalue weighted by Crippen LogP contribution is 2.25. The number of ether oxygens (including phenoxy) is 1. The van der Waals surface area contributed by atoms with E-state index >= 15 is 0 Å². The molecular formula is C11H11ClO4. The number of carboxylic acid groups (broad SMARTS) is 1. The lowest BCUT2D eigenvalue weighted by Crippen LogP contribution is -2.18. The van der Waals surface area contributed by atoms with Gasteiger partial charge in [-0.1, -0.05) is 11.6 Å². The maximum absolute atomic E-state index is 10.5. The molecule has 0 aromatic heterocycles. The quantitative estimate of drug-likeness (QED) is 0.805. The maximum atomic E-state index is 10.5. The molecule has 86 valence electrons. The van der Waals surface area contributed by atoms with Crippen LogP contribution < -0.4 is 4.74 Å².